The molecule has 7 nitrogen and oxygen atoms in total. The summed E-state index contributed by atoms with van der Waals surface area (Å²) in [6.07, 6.45) is 5.38. The highest BCUT2D eigenvalue weighted by molar-refractivity contribution is 8.26. The lowest BCUT2D eigenvalue weighted by molar-refractivity contribution is -0.123. The number of amides is 1. The largest absolute Gasteiger partial charge is 0.376 e. The van der Waals surface area contributed by atoms with Crippen LogP contribution in [0, 0.1) is 6.92 Å². The van der Waals surface area contributed by atoms with Gasteiger partial charge in [-0.3, -0.25) is 18.9 Å². The number of ether oxygens (including phenoxy) is 1. The van der Waals surface area contributed by atoms with Crippen molar-refractivity contribution in [1.29, 1.82) is 0 Å². The smallest absolute Gasteiger partial charge is 0.267 e. The summed E-state index contributed by atoms with van der Waals surface area (Å²) < 4.78 is 7.72. The van der Waals surface area contributed by atoms with Crippen molar-refractivity contribution in [3.63, 3.8) is 0 Å². The minimum Gasteiger partial charge on any atom is -0.376 e. The molecule has 2 aliphatic heterocycles. The van der Waals surface area contributed by atoms with Crippen molar-refractivity contribution in [2.24, 2.45) is 0 Å². The number of carbonyl (C=O) groups is 1. The van der Waals surface area contributed by atoms with E-state index in [2.05, 4.69) is 5.32 Å². The van der Waals surface area contributed by atoms with E-state index >= 15 is 0 Å². The Morgan fingerprint density at radius 1 is 1.26 bits per heavy atom. The van der Waals surface area contributed by atoms with Crippen molar-refractivity contribution in [3.05, 3.63) is 80.6 Å². The first-order valence-corrected chi connectivity index (χ1v) is 12.9. The molecule has 4 heterocycles. The van der Waals surface area contributed by atoms with Crippen LogP contribution in [0.25, 0.3) is 11.7 Å². The van der Waals surface area contributed by atoms with Crippen molar-refractivity contribution < 1.29 is 9.53 Å². The van der Waals surface area contributed by atoms with Crippen LogP contribution in [0.2, 0.25) is 0 Å². The molecule has 0 radical (unpaired) electrons. The molecule has 2 atom stereocenters. The molecule has 0 spiro atoms. The lowest BCUT2D eigenvalue weighted by atomic mass is 10.1. The Morgan fingerprint density at radius 2 is 2.06 bits per heavy atom. The second-order valence-electron chi connectivity index (χ2n) is 8.72. The molecule has 2 unspecified atom stereocenters. The van der Waals surface area contributed by atoms with Gasteiger partial charge in [0.15, 0.2) is 0 Å². The normalized spacial score (nSPS) is 20.2. The van der Waals surface area contributed by atoms with Gasteiger partial charge < -0.3 is 10.1 Å². The number of aryl methyl sites for hydroxylation is 1. The fraction of sp³-hybridized carbons (Fsp3) is 0.308. The first-order valence-electron chi connectivity index (χ1n) is 11.6. The van der Waals surface area contributed by atoms with Gasteiger partial charge in [0, 0.05) is 19.3 Å². The molecule has 180 valence electrons. The number of carbonyl (C=O) groups excluding carboxylic acids is 1. The fourth-order valence-electron chi connectivity index (χ4n) is 4.42. The molecule has 2 aliphatic rings. The van der Waals surface area contributed by atoms with E-state index in [-0.39, 0.29) is 23.6 Å². The van der Waals surface area contributed by atoms with Gasteiger partial charge in [0.25, 0.3) is 11.5 Å². The predicted octanol–water partition coefficient (Wildman–Crippen LogP) is 4.56. The van der Waals surface area contributed by atoms with Gasteiger partial charge in [0.2, 0.25) is 0 Å². The third kappa shape index (κ3) is 4.63. The number of fused-ring (bicyclic) bond motifs is 1. The molecule has 9 heteroatoms. The third-order valence-corrected chi connectivity index (χ3v) is 7.70. The SMILES string of the molecule is Cc1cccn2c(=O)c(C=C3SC(=S)N(C(C)c4ccccc4)C3=O)c(NCC3CCCO3)nc12. The fourth-order valence-corrected chi connectivity index (χ4v) is 5.82. The summed E-state index contributed by atoms with van der Waals surface area (Å²) in [5, 5.41) is 3.31. The quantitative estimate of drug-likeness (QED) is 0.388. The summed E-state index contributed by atoms with van der Waals surface area (Å²) in [7, 11) is 0. The van der Waals surface area contributed by atoms with E-state index in [9.17, 15) is 9.59 Å². The van der Waals surface area contributed by atoms with E-state index in [4.69, 9.17) is 21.9 Å². The molecular weight excluding hydrogens is 480 g/mol. The highest BCUT2D eigenvalue weighted by atomic mass is 32.2. The van der Waals surface area contributed by atoms with Gasteiger partial charge in [0.05, 0.1) is 22.6 Å². The molecule has 0 aliphatic carbocycles. The monoisotopic (exact) mass is 506 g/mol. The zero-order valence-corrected chi connectivity index (χ0v) is 21.2. The zero-order chi connectivity index (χ0) is 24.5. The highest BCUT2D eigenvalue weighted by Gasteiger charge is 2.36. The summed E-state index contributed by atoms with van der Waals surface area (Å²) in [5.74, 6) is 0.233. The number of hydrogen-bond acceptors (Lipinski definition) is 7. The average Bonchev–Trinajstić information content (AvgIpc) is 3.48. The predicted molar refractivity (Wildman–Crippen MR) is 144 cm³/mol. The molecule has 1 N–H and O–H groups in total. The number of anilines is 1. The second-order valence-corrected chi connectivity index (χ2v) is 10.4. The Kier molecular flexibility index (Phi) is 6.73. The first-order chi connectivity index (χ1) is 16.9. The Labute approximate surface area is 213 Å². The van der Waals surface area contributed by atoms with Crippen LogP contribution in [0.1, 0.15) is 42.5 Å². The van der Waals surface area contributed by atoms with E-state index in [0.717, 1.165) is 30.6 Å². The molecule has 2 saturated heterocycles. The van der Waals surface area contributed by atoms with Gasteiger partial charge in [0.1, 0.15) is 15.8 Å². The van der Waals surface area contributed by atoms with Crippen LogP contribution in [-0.2, 0) is 9.53 Å². The second kappa shape index (κ2) is 9.93. The van der Waals surface area contributed by atoms with Crippen molar-refractivity contribution in [2.75, 3.05) is 18.5 Å². The molecule has 35 heavy (non-hydrogen) atoms. The first kappa shape index (κ1) is 23.7. The number of thioether (sulfide) groups is 1. The number of nitrogens with one attached hydrogen (secondary N) is 1. The van der Waals surface area contributed by atoms with Crippen molar-refractivity contribution in [1.82, 2.24) is 14.3 Å². The summed E-state index contributed by atoms with van der Waals surface area (Å²) in [5.41, 5.74) is 2.55. The molecule has 2 fully saturated rings. The Balaban J connectivity index is 1.54. The molecule has 3 aromatic rings. The van der Waals surface area contributed by atoms with E-state index in [1.54, 1.807) is 17.2 Å². The number of nitrogens with zero attached hydrogens (tertiary/aromatic N) is 3. The topological polar surface area (TPSA) is 75.9 Å². The maximum atomic E-state index is 13.6. The molecule has 1 aromatic carbocycles. The molecule has 0 bridgehead atoms. The van der Waals surface area contributed by atoms with Crippen LogP contribution >= 0.6 is 24.0 Å². The van der Waals surface area contributed by atoms with Crippen molar-refractivity contribution in [2.45, 2.75) is 38.8 Å². The number of benzene rings is 1. The summed E-state index contributed by atoms with van der Waals surface area (Å²) in [6, 6.07) is 13.3. The third-order valence-electron chi connectivity index (χ3n) is 6.37. The number of thiocarbonyl (C=S) groups is 1. The van der Waals surface area contributed by atoms with Gasteiger partial charge in [-0.1, -0.05) is 60.4 Å². The van der Waals surface area contributed by atoms with Crippen LogP contribution in [0.5, 0.6) is 0 Å². The zero-order valence-electron chi connectivity index (χ0n) is 19.6. The maximum Gasteiger partial charge on any atom is 0.267 e. The molecule has 1 amide bonds. The minimum absolute atomic E-state index is 0.0740. The minimum atomic E-state index is -0.241. The Bertz CT molecular complexity index is 1380. The summed E-state index contributed by atoms with van der Waals surface area (Å²) >= 11 is 6.78. The summed E-state index contributed by atoms with van der Waals surface area (Å²) in [4.78, 5) is 33.8. The van der Waals surface area contributed by atoms with Gasteiger partial charge in [-0.05, 0) is 50.0 Å². The van der Waals surface area contributed by atoms with Crippen molar-refractivity contribution >= 4 is 51.7 Å². The van der Waals surface area contributed by atoms with Crippen LogP contribution in [0.3, 0.4) is 0 Å². The molecule has 5 rings (SSSR count). The van der Waals surface area contributed by atoms with Gasteiger partial charge in [-0.25, -0.2) is 4.98 Å². The highest BCUT2D eigenvalue weighted by Crippen LogP contribution is 2.38. The van der Waals surface area contributed by atoms with Gasteiger partial charge >= 0.3 is 0 Å². The van der Waals surface area contributed by atoms with Crippen LogP contribution in [0.15, 0.2) is 58.4 Å². The van der Waals surface area contributed by atoms with Crippen LogP contribution in [-0.4, -0.2) is 43.8 Å². The van der Waals surface area contributed by atoms with E-state index in [1.165, 1.54) is 16.2 Å². The van der Waals surface area contributed by atoms with Crippen LogP contribution in [0.4, 0.5) is 5.82 Å². The Hall–Kier alpha value is -3.01. The number of rotatable bonds is 6. The van der Waals surface area contributed by atoms with Gasteiger partial charge in [-0.2, -0.15) is 0 Å². The standard InChI is InChI=1S/C26H26N4O3S2/c1-16-8-6-12-29-23(16)28-22(27-15-19-11-7-13-33-19)20(24(29)31)14-21-25(32)30(26(34)35-21)17(2)18-9-4-3-5-10-18/h3-6,8-10,12,14,17,19,27H,7,11,13,15H2,1-2H3. The molecular formula is C26H26N4O3S2. The number of aromatic nitrogens is 2. The summed E-state index contributed by atoms with van der Waals surface area (Å²) in [6.45, 7) is 5.16. The van der Waals surface area contributed by atoms with Crippen LogP contribution < -0.4 is 10.9 Å². The van der Waals surface area contributed by atoms with E-state index in [0.29, 0.717) is 32.8 Å². The lowest BCUT2D eigenvalue weighted by Crippen LogP contribution is -2.31. The number of hydrogen-bond donors (Lipinski definition) is 1. The van der Waals surface area contributed by atoms with Crippen molar-refractivity contribution in [3.8, 4) is 0 Å². The lowest BCUT2D eigenvalue weighted by Gasteiger charge is -2.23. The maximum absolute atomic E-state index is 13.6. The molecule has 0 saturated carbocycles. The molecule has 2 aromatic heterocycles. The van der Waals surface area contributed by atoms with Gasteiger partial charge in [-0.15, -0.1) is 0 Å². The Morgan fingerprint density at radius 3 is 2.80 bits per heavy atom. The number of pyridine rings is 1. The average molecular weight is 507 g/mol. The van der Waals surface area contributed by atoms with E-state index in [1.807, 2.05) is 56.3 Å². The van der Waals surface area contributed by atoms with E-state index < -0.39 is 0 Å².